The molecule has 0 radical (unpaired) electrons. The lowest BCUT2D eigenvalue weighted by Gasteiger charge is -2.36. The van der Waals surface area contributed by atoms with E-state index >= 15 is 0 Å². The quantitative estimate of drug-likeness (QED) is 0.562. The molecular formula is C22H31NO3. The third kappa shape index (κ3) is 5.09. The van der Waals surface area contributed by atoms with E-state index in [-0.39, 0.29) is 17.7 Å². The zero-order valence-electron chi connectivity index (χ0n) is 28.8. The van der Waals surface area contributed by atoms with Gasteiger partial charge in [-0.3, -0.25) is 4.90 Å². The van der Waals surface area contributed by atoms with Crippen molar-refractivity contribution in [3.63, 3.8) is 0 Å². The SMILES string of the molecule is [2H]OC(C(=O)OC([2H])([2H])C#CC([2H])([2H])N(C([2H])([2H])C)C([2H])([2H])C)(c1c([2H])c([2H])c([2H])c([2H])c1[2H])C1CCCCC1. The topological polar surface area (TPSA) is 49.8 Å². The van der Waals surface area contributed by atoms with Crippen LogP contribution in [-0.2, 0) is 15.1 Å². The first-order valence-electron chi connectivity index (χ1n) is 15.3. The predicted molar refractivity (Wildman–Crippen MR) is 103 cm³/mol. The molecule has 0 aliphatic heterocycles. The standard InChI is InChI=1S/C22H31NO3/c1-3-23(4-2)17-11-12-18-26-21(24)22(25,19-13-7-5-8-14-19)20-15-9-6-10-16-20/h5,7-8,13-14,20,25H,3-4,6,9-10,15-18H2,1-2H3/i3D2,4D2,5D,7D,8D,13D,14D,17D2,18D2,25D. The first kappa shape index (κ1) is 8.46. The van der Waals surface area contributed by atoms with Gasteiger partial charge in [-0.2, -0.15) is 0 Å². The van der Waals surface area contributed by atoms with Crippen molar-refractivity contribution in [3.8, 4) is 11.8 Å². The summed E-state index contributed by atoms with van der Waals surface area (Å²) in [5, 5.41) is 4.87. The number of hydrogen-bond donors (Lipinski definition) is 1. The highest BCUT2D eigenvalue weighted by Crippen LogP contribution is 2.40. The van der Waals surface area contributed by atoms with Crippen molar-refractivity contribution in [2.75, 3.05) is 26.0 Å². The van der Waals surface area contributed by atoms with E-state index in [4.69, 9.17) is 29.1 Å². The van der Waals surface area contributed by atoms with Crippen LogP contribution in [-0.4, -0.2) is 43.5 Å². The molecule has 1 unspecified atom stereocenters. The summed E-state index contributed by atoms with van der Waals surface area (Å²) in [5.74, 6) is 0.960. The van der Waals surface area contributed by atoms with Crippen molar-refractivity contribution in [3.05, 3.63) is 35.8 Å². The highest BCUT2D eigenvalue weighted by atomic mass is 16.5. The number of nitrogens with zero attached hydrogens (tertiary/aromatic N) is 1. The van der Waals surface area contributed by atoms with Crippen molar-refractivity contribution in [1.82, 2.24) is 4.90 Å². The highest BCUT2D eigenvalue weighted by Gasteiger charge is 2.46. The Morgan fingerprint density at radius 2 is 2.00 bits per heavy atom. The second-order valence-electron chi connectivity index (χ2n) is 5.71. The van der Waals surface area contributed by atoms with E-state index in [9.17, 15) is 4.79 Å². The summed E-state index contributed by atoms with van der Waals surface area (Å²) in [7, 11) is 0. The van der Waals surface area contributed by atoms with Crippen LogP contribution < -0.4 is 0 Å². The fraction of sp³-hybridized carbons (Fsp3) is 0.591. The van der Waals surface area contributed by atoms with Gasteiger partial charge in [-0.15, -0.1) is 0 Å². The molecule has 1 aliphatic carbocycles. The molecule has 2 rings (SSSR count). The van der Waals surface area contributed by atoms with Crippen molar-refractivity contribution in [2.45, 2.75) is 51.6 Å². The van der Waals surface area contributed by atoms with Crippen LogP contribution in [0.3, 0.4) is 0 Å². The Morgan fingerprint density at radius 3 is 2.62 bits per heavy atom. The zero-order chi connectivity index (χ0) is 31.1. The van der Waals surface area contributed by atoms with Gasteiger partial charge in [0.15, 0.2) is 12.2 Å². The number of hydrogen-bond acceptors (Lipinski definition) is 4. The van der Waals surface area contributed by atoms with Crippen molar-refractivity contribution < 1.29 is 32.5 Å². The normalized spacial score (nSPS) is 27.2. The number of esters is 1. The van der Waals surface area contributed by atoms with Crippen LogP contribution in [0.1, 0.15) is 69.3 Å². The summed E-state index contributed by atoms with van der Waals surface area (Å²) in [6, 6.07) is -4.04. The second kappa shape index (κ2) is 10.4. The molecular weight excluding hydrogens is 326 g/mol. The number of benzene rings is 1. The van der Waals surface area contributed by atoms with E-state index in [1.807, 2.05) is 0 Å². The molecule has 0 spiro atoms. The van der Waals surface area contributed by atoms with E-state index in [0.29, 0.717) is 12.8 Å². The monoisotopic (exact) mass is 371 g/mol. The molecule has 0 amide bonds. The first-order chi connectivity index (χ1) is 18.0. The maximum atomic E-state index is 13.7. The summed E-state index contributed by atoms with van der Waals surface area (Å²) in [5.41, 5.74) is -3.36. The lowest BCUT2D eigenvalue weighted by atomic mass is 9.73. The van der Waals surface area contributed by atoms with Gasteiger partial charge in [-0.25, -0.2) is 4.79 Å². The Morgan fingerprint density at radius 1 is 1.31 bits per heavy atom. The lowest BCUT2D eigenvalue weighted by molar-refractivity contribution is -0.174. The van der Waals surface area contributed by atoms with E-state index in [1.165, 1.54) is 0 Å². The minimum absolute atomic E-state index is 0.129. The van der Waals surface area contributed by atoms with Crippen molar-refractivity contribution in [1.29, 1.82) is 1.43 Å². The molecule has 1 aliphatic rings. The predicted octanol–water partition coefficient (Wildman–Crippen LogP) is 3.34. The summed E-state index contributed by atoms with van der Waals surface area (Å²) in [6.07, 6.45) is 2.29. The third-order valence-electron chi connectivity index (χ3n) is 4.23. The fourth-order valence-corrected chi connectivity index (χ4v) is 2.90. The molecule has 4 nitrogen and oxygen atoms in total. The molecule has 1 N–H and O–H groups in total. The van der Waals surface area contributed by atoms with E-state index in [0.717, 1.165) is 20.3 Å². The van der Waals surface area contributed by atoms with Gasteiger partial charge in [0, 0.05) is 11.4 Å². The Hall–Kier alpha value is -1.83. The Balaban J connectivity index is 2.66. The molecule has 0 aromatic heterocycles. The average Bonchev–Trinajstić information content (AvgIpc) is 2.81. The van der Waals surface area contributed by atoms with Gasteiger partial charge in [-0.05, 0) is 31.4 Å². The Labute approximate surface area is 177 Å². The number of rotatable bonds is 8. The summed E-state index contributed by atoms with van der Waals surface area (Å²) < 4.78 is 117. The number of carbonyl (C=O) groups is 1. The number of aliphatic hydroxyl groups is 1. The van der Waals surface area contributed by atoms with E-state index in [2.05, 4.69) is 0 Å². The van der Waals surface area contributed by atoms with Gasteiger partial charge in [0.2, 0.25) is 1.43 Å². The molecule has 1 aromatic rings. The van der Waals surface area contributed by atoms with E-state index < -0.39 is 79.3 Å². The van der Waals surface area contributed by atoms with Crippen LogP contribution in [0.25, 0.3) is 0 Å². The fourth-order valence-electron chi connectivity index (χ4n) is 2.90. The van der Waals surface area contributed by atoms with Crippen LogP contribution in [0.5, 0.6) is 0 Å². The first-order valence-corrected chi connectivity index (χ1v) is 8.34. The second-order valence-corrected chi connectivity index (χ2v) is 5.71. The van der Waals surface area contributed by atoms with Gasteiger partial charge in [0.05, 0.1) is 18.8 Å². The third-order valence-corrected chi connectivity index (χ3v) is 4.23. The number of carbonyl (C=O) groups excluding carboxylic acids is 1. The van der Waals surface area contributed by atoms with Crippen LogP contribution in [0.15, 0.2) is 30.2 Å². The maximum absolute atomic E-state index is 13.7. The van der Waals surface area contributed by atoms with E-state index in [1.54, 1.807) is 11.8 Å². The minimum atomic E-state index is -3.32. The molecule has 0 saturated heterocycles. The van der Waals surface area contributed by atoms with Crippen LogP contribution in [0, 0.1) is 17.8 Å². The van der Waals surface area contributed by atoms with Crippen LogP contribution in [0.2, 0.25) is 0 Å². The highest BCUT2D eigenvalue weighted by molar-refractivity contribution is 5.81. The maximum Gasteiger partial charge on any atom is 0.344 e. The zero-order valence-corrected chi connectivity index (χ0v) is 14.8. The smallest absolute Gasteiger partial charge is 0.344 e. The summed E-state index contributed by atoms with van der Waals surface area (Å²) >= 11 is 0. The lowest BCUT2D eigenvalue weighted by Crippen LogP contribution is -2.45. The molecule has 1 saturated carbocycles. The largest absolute Gasteiger partial charge is 0.450 e. The molecule has 1 aromatic carbocycles. The molecule has 0 heterocycles. The van der Waals surface area contributed by atoms with Crippen LogP contribution in [0.4, 0.5) is 0 Å². The van der Waals surface area contributed by atoms with Gasteiger partial charge in [0.25, 0.3) is 0 Å². The van der Waals surface area contributed by atoms with Gasteiger partial charge >= 0.3 is 5.97 Å². The van der Waals surface area contributed by atoms with Gasteiger partial charge in [-0.1, -0.05) is 75.2 Å². The molecule has 1 fully saturated rings. The average molecular weight is 372 g/mol. The number of ether oxygens (including phenoxy) is 1. The van der Waals surface area contributed by atoms with Crippen LogP contribution >= 0.6 is 0 Å². The molecule has 142 valence electrons. The molecule has 26 heavy (non-hydrogen) atoms. The molecule has 1 atom stereocenters. The van der Waals surface area contributed by atoms with Crippen molar-refractivity contribution >= 4 is 5.97 Å². The van der Waals surface area contributed by atoms with Gasteiger partial charge < -0.3 is 9.85 Å². The summed E-state index contributed by atoms with van der Waals surface area (Å²) in [4.78, 5) is 13.8. The van der Waals surface area contributed by atoms with Gasteiger partial charge in [0.1, 0.15) is 0 Å². The minimum Gasteiger partial charge on any atom is -0.450 e. The summed E-state index contributed by atoms with van der Waals surface area (Å²) in [6.45, 7) is -9.83. The Bertz CT molecular complexity index is 1140. The molecule has 0 bridgehead atoms. The van der Waals surface area contributed by atoms with Crippen molar-refractivity contribution in [2.24, 2.45) is 5.92 Å². The molecule has 4 heteroatoms. The Kier molecular flexibility index (Phi) is 3.37.